The zero-order valence-electron chi connectivity index (χ0n) is 11.9. The molecule has 0 bridgehead atoms. The number of anilines is 1. The van der Waals surface area contributed by atoms with Gasteiger partial charge < -0.3 is 14.1 Å². The van der Waals surface area contributed by atoms with Crippen LogP contribution in [0, 0.1) is 6.92 Å². The maximum absolute atomic E-state index is 11.4. The van der Waals surface area contributed by atoms with Gasteiger partial charge in [0.2, 0.25) is 0 Å². The monoisotopic (exact) mass is 294 g/mol. The van der Waals surface area contributed by atoms with E-state index >= 15 is 0 Å². The van der Waals surface area contributed by atoms with E-state index in [1.54, 1.807) is 6.92 Å². The molecule has 0 atom stereocenters. The number of hydrogen-bond acceptors (Lipinski definition) is 6. The molecule has 0 fully saturated rings. The first kappa shape index (κ1) is 14.6. The van der Waals surface area contributed by atoms with E-state index in [0.29, 0.717) is 13.2 Å². The van der Waals surface area contributed by atoms with Crippen molar-refractivity contribution in [2.24, 2.45) is 0 Å². The second kappa shape index (κ2) is 6.56. The summed E-state index contributed by atoms with van der Waals surface area (Å²) in [6.07, 6.45) is 0.220. The van der Waals surface area contributed by atoms with Crippen molar-refractivity contribution < 1.29 is 13.9 Å². The summed E-state index contributed by atoms with van der Waals surface area (Å²) < 4.78 is 10.5. The number of rotatable bonds is 6. The third-order valence-electron chi connectivity index (χ3n) is 2.69. The molecule has 0 saturated heterocycles. The van der Waals surface area contributed by atoms with Gasteiger partial charge in [-0.15, -0.1) is 11.3 Å². The summed E-state index contributed by atoms with van der Waals surface area (Å²) in [5.41, 5.74) is 0.742. The number of carbonyl (C=O) groups is 1. The van der Waals surface area contributed by atoms with Gasteiger partial charge in [-0.2, -0.15) is 0 Å². The zero-order chi connectivity index (χ0) is 14.5. The fourth-order valence-corrected chi connectivity index (χ4v) is 2.58. The van der Waals surface area contributed by atoms with E-state index in [0.717, 1.165) is 22.3 Å². The van der Waals surface area contributed by atoms with Crippen molar-refractivity contribution in [2.45, 2.75) is 26.8 Å². The molecule has 0 spiro atoms. The van der Waals surface area contributed by atoms with Crippen LogP contribution in [-0.4, -0.2) is 24.6 Å². The normalized spacial score (nSPS) is 10.6. The van der Waals surface area contributed by atoms with Crippen LogP contribution in [0.5, 0.6) is 0 Å². The lowest BCUT2D eigenvalue weighted by Crippen LogP contribution is -2.16. The third-order valence-corrected chi connectivity index (χ3v) is 3.69. The molecule has 20 heavy (non-hydrogen) atoms. The predicted octanol–water partition coefficient (Wildman–Crippen LogP) is 2.79. The minimum Gasteiger partial charge on any atom is -0.466 e. The number of nitrogens with zero attached hydrogens (tertiary/aromatic N) is 2. The summed E-state index contributed by atoms with van der Waals surface area (Å²) in [4.78, 5) is 17.8. The van der Waals surface area contributed by atoms with Gasteiger partial charge in [-0.25, -0.2) is 4.98 Å². The van der Waals surface area contributed by atoms with Crippen LogP contribution in [0.25, 0.3) is 0 Å². The fraction of sp³-hybridized carbons (Fsp3) is 0.429. The summed E-state index contributed by atoms with van der Waals surface area (Å²) in [7, 11) is 1.95. The Morgan fingerprint density at radius 1 is 1.50 bits per heavy atom. The Morgan fingerprint density at radius 3 is 2.95 bits per heavy atom. The lowest BCUT2D eigenvalue weighted by Gasteiger charge is -2.13. The highest BCUT2D eigenvalue weighted by molar-refractivity contribution is 7.13. The number of hydrogen-bond donors (Lipinski definition) is 0. The molecule has 0 aliphatic heterocycles. The van der Waals surface area contributed by atoms with Crippen molar-refractivity contribution in [2.75, 3.05) is 18.6 Å². The predicted molar refractivity (Wildman–Crippen MR) is 78.0 cm³/mol. The molecule has 0 aliphatic carbocycles. The van der Waals surface area contributed by atoms with Gasteiger partial charge in [0.15, 0.2) is 5.13 Å². The number of esters is 1. The SMILES string of the molecule is CCOC(=O)Cc1csc(N(C)Cc2ccc(C)o2)n1. The lowest BCUT2D eigenvalue weighted by molar-refractivity contribution is -0.142. The number of furan rings is 1. The third kappa shape index (κ3) is 3.84. The van der Waals surface area contributed by atoms with Crippen LogP contribution >= 0.6 is 11.3 Å². The molecule has 2 rings (SSSR count). The molecule has 0 radical (unpaired) electrons. The van der Waals surface area contributed by atoms with Crippen LogP contribution < -0.4 is 4.90 Å². The molecule has 0 amide bonds. The van der Waals surface area contributed by atoms with Gasteiger partial charge in [0.25, 0.3) is 0 Å². The standard InChI is InChI=1S/C14H18N2O3S/c1-4-18-13(17)7-11-9-20-14(15-11)16(3)8-12-6-5-10(2)19-12/h5-6,9H,4,7-8H2,1-3H3. The number of aromatic nitrogens is 1. The van der Waals surface area contributed by atoms with Crippen molar-refractivity contribution in [3.8, 4) is 0 Å². The molecule has 0 N–H and O–H groups in total. The van der Waals surface area contributed by atoms with Crippen LogP contribution in [-0.2, 0) is 22.5 Å². The highest BCUT2D eigenvalue weighted by Crippen LogP contribution is 2.22. The van der Waals surface area contributed by atoms with E-state index in [1.165, 1.54) is 11.3 Å². The van der Waals surface area contributed by atoms with E-state index in [1.807, 2.05) is 36.4 Å². The lowest BCUT2D eigenvalue weighted by atomic mass is 10.3. The van der Waals surface area contributed by atoms with E-state index in [4.69, 9.17) is 9.15 Å². The molecular weight excluding hydrogens is 276 g/mol. The number of carbonyl (C=O) groups excluding carboxylic acids is 1. The largest absolute Gasteiger partial charge is 0.466 e. The van der Waals surface area contributed by atoms with E-state index in [2.05, 4.69) is 4.98 Å². The second-order valence-corrected chi connectivity index (χ2v) is 5.31. The number of ether oxygens (including phenoxy) is 1. The highest BCUT2D eigenvalue weighted by atomic mass is 32.1. The highest BCUT2D eigenvalue weighted by Gasteiger charge is 2.12. The molecule has 0 aliphatic rings. The average molecular weight is 294 g/mol. The van der Waals surface area contributed by atoms with Gasteiger partial charge in [-0.1, -0.05) is 0 Å². The molecule has 2 heterocycles. The Bertz CT molecular complexity index is 576. The smallest absolute Gasteiger partial charge is 0.311 e. The molecule has 0 saturated carbocycles. The van der Waals surface area contributed by atoms with Crippen LogP contribution in [0.15, 0.2) is 21.9 Å². The first-order valence-corrected chi connectivity index (χ1v) is 7.33. The maximum atomic E-state index is 11.4. The molecule has 6 heteroatoms. The minimum absolute atomic E-state index is 0.220. The molecule has 5 nitrogen and oxygen atoms in total. The molecule has 2 aromatic heterocycles. The van der Waals surface area contributed by atoms with Crippen molar-refractivity contribution in [1.82, 2.24) is 4.98 Å². The van der Waals surface area contributed by atoms with Crippen molar-refractivity contribution in [3.63, 3.8) is 0 Å². The Morgan fingerprint density at radius 2 is 2.30 bits per heavy atom. The Hall–Kier alpha value is -1.82. The van der Waals surface area contributed by atoms with Gasteiger partial charge in [-0.3, -0.25) is 4.79 Å². The second-order valence-electron chi connectivity index (χ2n) is 4.47. The van der Waals surface area contributed by atoms with Crippen molar-refractivity contribution >= 4 is 22.4 Å². The first-order valence-electron chi connectivity index (χ1n) is 6.45. The van der Waals surface area contributed by atoms with Crippen LogP contribution in [0.4, 0.5) is 5.13 Å². The Balaban J connectivity index is 1.95. The van der Waals surface area contributed by atoms with Crippen molar-refractivity contribution in [3.05, 3.63) is 34.7 Å². The van der Waals surface area contributed by atoms with Gasteiger partial charge in [0.05, 0.1) is 25.3 Å². The summed E-state index contributed by atoms with van der Waals surface area (Å²) in [6, 6.07) is 3.90. The topological polar surface area (TPSA) is 55.6 Å². The Kier molecular flexibility index (Phi) is 4.79. The summed E-state index contributed by atoms with van der Waals surface area (Å²) in [5.74, 6) is 1.55. The van der Waals surface area contributed by atoms with Crippen LogP contribution in [0.2, 0.25) is 0 Å². The molecular formula is C14H18N2O3S. The van der Waals surface area contributed by atoms with Crippen molar-refractivity contribution in [1.29, 1.82) is 0 Å². The van der Waals surface area contributed by atoms with Crippen LogP contribution in [0.3, 0.4) is 0 Å². The van der Waals surface area contributed by atoms with Gasteiger partial charge in [-0.05, 0) is 26.0 Å². The van der Waals surface area contributed by atoms with E-state index < -0.39 is 0 Å². The Labute approximate surface area is 122 Å². The van der Waals surface area contributed by atoms with Gasteiger partial charge in [0.1, 0.15) is 11.5 Å². The first-order chi connectivity index (χ1) is 9.58. The molecule has 2 aromatic rings. The molecule has 108 valence electrons. The summed E-state index contributed by atoms with van der Waals surface area (Å²) in [5, 5.41) is 2.74. The van der Waals surface area contributed by atoms with Crippen LogP contribution in [0.1, 0.15) is 24.1 Å². The van der Waals surface area contributed by atoms with Gasteiger partial charge in [0, 0.05) is 12.4 Å². The zero-order valence-corrected chi connectivity index (χ0v) is 12.7. The van der Waals surface area contributed by atoms with E-state index in [-0.39, 0.29) is 12.4 Å². The summed E-state index contributed by atoms with van der Waals surface area (Å²) in [6.45, 7) is 4.77. The molecule has 0 aromatic carbocycles. The number of thiazole rings is 1. The minimum atomic E-state index is -0.242. The molecule has 0 unspecified atom stereocenters. The quantitative estimate of drug-likeness (QED) is 0.767. The summed E-state index contributed by atoms with van der Waals surface area (Å²) >= 11 is 1.51. The fourth-order valence-electron chi connectivity index (χ4n) is 1.78. The maximum Gasteiger partial charge on any atom is 0.311 e. The van der Waals surface area contributed by atoms with Gasteiger partial charge >= 0.3 is 5.97 Å². The van der Waals surface area contributed by atoms with E-state index in [9.17, 15) is 4.79 Å². The average Bonchev–Trinajstić information content (AvgIpc) is 2.99. The number of aryl methyl sites for hydroxylation is 1.